The summed E-state index contributed by atoms with van der Waals surface area (Å²) >= 11 is 9.72. The van der Waals surface area contributed by atoms with Crippen LogP contribution >= 0.6 is 27.5 Å². The van der Waals surface area contributed by atoms with Crippen molar-refractivity contribution in [1.82, 2.24) is 4.90 Å². The lowest BCUT2D eigenvalue weighted by Gasteiger charge is -2.24. The third kappa shape index (κ3) is 4.18. The van der Waals surface area contributed by atoms with Gasteiger partial charge in [-0.15, -0.1) is 0 Å². The lowest BCUT2D eigenvalue weighted by Crippen LogP contribution is -2.29. The molecule has 6 nitrogen and oxygen atoms in total. The number of nitrogens with zero attached hydrogens (tertiary/aromatic N) is 1. The van der Waals surface area contributed by atoms with Crippen molar-refractivity contribution >= 4 is 45.0 Å². The maximum absolute atomic E-state index is 13.1. The van der Waals surface area contributed by atoms with Crippen LogP contribution in [0.5, 0.6) is 5.75 Å². The van der Waals surface area contributed by atoms with Gasteiger partial charge < -0.3 is 19.2 Å². The molecule has 1 atom stereocenters. The van der Waals surface area contributed by atoms with E-state index in [1.807, 2.05) is 19.1 Å². The van der Waals surface area contributed by atoms with Gasteiger partial charge in [-0.1, -0.05) is 39.7 Å². The summed E-state index contributed by atoms with van der Waals surface area (Å²) in [7, 11) is 0. The van der Waals surface area contributed by atoms with E-state index in [9.17, 15) is 14.7 Å². The summed E-state index contributed by atoms with van der Waals surface area (Å²) in [6, 6.07) is 14.6. The number of hydrogen-bond acceptors (Lipinski definition) is 5. The molecule has 8 heteroatoms. The number of aliphatic hydroxyl groups excluding tert-OH is 1. The maximum Gasteiger partial charge on any atom is 0.296 e. The highest BCUT2D eigenvalue weighted by atomic mass is 79.9. The second-order valence-electron chi connectivity index (χ2n) is 7.14. The second-order valence-corrected chi connectivity index (χ2v) is 8.46. The number of aliphatic hydroxyl groups is 1. The number of halogens is 2. The lowest BCUT2D eigenvalue weighted by atomic mass is 9.95. The van der Waals surface area contributed by atoms with Gasteiger partial charge in [0, 0.05) is 10.0 Å². The minimum Gasteiger partial charge on any atom is -0.507 e. The summed E-state index contributed by atoms with van der Waals surface area (Å²) in [6.45, 7) is 2.35. The Bertz CT molecular complexity index is 1200. The third-order valence-corrected chi connectivity index (χ3v) is 5.90. The number of carbonyl (C=O) groups excluding carboxylic acids is 2. The molecule has 0 saturated carbocycles. The van der Waals surface area contributed by atoms with Crippen molar-refractivity contribution < 1.29 is 23.8 Å². The van der Waals surface area contributed by atoms with E-state index >= 15 is 0 Å². The number of Topliss-reactive ketones (excluding diaryl/α,β-unsaturated/α-hetero) is 1. The Morgan fingerprint density at radius 2 is 2.00 bits per heavy atom. The molecule has 4 rings (SSSR count). The molecule has 32 heavy (non-hydrogen) atoms. The molecule has 1 saturated heterocycles. The maximum atomic E-state index is 13.1. The minimum atomic E-state index is -0.803. The van der Waals surface area contributed by atoms with Gasteiger partial charge in [-0.05, 0) is 55.0 Å². The second kappa shape index (κ2) is 9.22. The van der Waals surface area contributed by atoms with Crippen molar-refractivity contribution in [3.8, 4) is 5.75 Å². The first-order chi connectivity index (χ1) is 15.4. The summed E-state index contributed by atoms with van der Waals surface area (Å²) in [5, 5.41) is 11.4. The Morgan fingerprint density at radius 3 is 2.66 bits per heavy atom. The van der Waals surface area contributed by atoms with Crippen molar-refractivity contribution in [2.75, 3.05) is 6.61 Å². The van der Waals surface area contributed by atoms with Crippen molar-refractivity contribution in [2.45, 2.75) is 19.5 Å². The highest BCUT2D eigenvalue weighted by molar-refractivity contribution is 9.10. The van der Waals surface area contributed by atoms with Crippen LogP contribution in [0.4, 0.5) is 0 Å². The number of furan rings is 1. The van der Waals surface area contributed by atoms with Gasteiger partial charge in [-0.25, -0.2) is 0 Å². The number of hydrogen-bond donors (Lipinski definition) is 1. The lowest BCUT2D eigenvalue weighted by molar-refractivity contribution is -0.140. The van der Waals surface area contributed by atoms with Crippen LogP contribution in [0.25, 0.3) is 5.76 Å². The highest BCUT2D eigenvalue weighted by Gasteiger charge is 2.46. The largest absolute Gasteiger partial charge is 0.507 e. The van der Waals surface area contributed by atoms with E-state index in [4.69, 9.17) is 20.8 Å². The quantitative estimate of drug-likeness (QED) is 0.258. The number of likely N-dealkylation sites (tertiary alicyclic amines) is 1. The highest BCUT2D eigenvalue weighted by Crippen LogP contribution is 2.41. The molecule has 1 aliphatic heterocycles. The Hall–Kier alpha value is -3.03. The summed E-state index contributed by atoms with van der Waals surface area (Å²) in [5.41, 5.74) is 0.970. The standard InChI is InChI=1S/C24H19BrClNO5/c1-2-31-19-9-8-15(12-18(19)26)22(28)20-21(14-5-3-6-16(25)11-14)27(24(30)23(20)29)13-17-7-4-10-32-17/h3-12,21,28H,2,13H2,1H3/b22-20-. The normalized spacial score (nSPS) is 17.7. The molecule has 0 radical (unpaired) electrons. The predicted molar refractivity (Wildman–Crippen MR) is 123 cm³/mol. The number of ketones is 1. The predicted octanol–water partition coefficient (Wildman–Crippen LogP) is 5.72. The van der Waals surface area contributed by atoms with Crippen molar-refractivity contribution in [3.63, 3.8) is 0 Å². The minimum absolute atomic E-state index is 0.0140. The van der Waals surface area contributed by atoms with E-state index in [0.29, 0.717) is 34.3 Å². The zero-order chi connectivity index (χ0) is 22.8. The van der Waals surface area contributed by atoms with E-state index in [-0.39, 0.29) is 17.9 Å². The summed E-state index contributed by atoms with van der Waals surface area (Å²) in [5.74, 6) is -0.808. The van der Waals surface area contributed by atoms with E-state index in [1.165, 1.54) is 17.2 Å². The molecule has 3 aromatic rings. The number of carbonyl (C=O) groups is 2. The molecule has 0 bridgehead atoms. The molecule has 1 fully saturated rings. The van der Waals surface area contributed by atoms with Crippen LogP contribution in [0, 0.1) is 0 Å². The number of amides is 1. The molecule has 0 aliphatic carbocycles. The molecule has 1 amide bonds. The molecule has 1 N–H and O–H groups in total. The molecule has 0 spiro atoms. The van der Waals surface area contributed by atoms with E-state index in [1.54, 1.807) is 36.4 Å². The summed E-state index contributed by atoms with van der Waals surface area (Å²) in [6.07, 6.45) is 1.50. The summed E-state index contributed by atoms with van der Waals surface area (Å²) in [4.78, 5) is 27.5. The number of benzene rings is 2. The molecule has 164 valence electrons. The van der Waals surface area contributed by atoms with Crippen LogP contribution in [-0.4, -0.2) is 28.3 Å². The first kappa shape index (κ1) is 22.2. The third-order valence-electron chi connectivity index (χ3n) is 5.12. The van der Waals surface area contributed by atoms with Gasteiger partial charge in [0.05, 0.1) is 36.1 Å². The molecule has 1 aliphatic rings. The fourth-order valence-corrected chi connectivity index (χ4v) is 4.36. The topological polar surface area (TPSA) is 80.0 Å². The van der Waals surface area contributed by atoms with E-state index in [0.717, 1.165) is 4.47 Å². The fraction of sp³-hybridized carbons (Fsp3) is 0.167. The Kier molecular flexibility index (Phi) is 6.39. The van der Waals surface area contributed by atoms with Gasteiger partial charge in [0.1, 0.15) is 17.3 Å². The SMILES string of the molecule is CCOc1ccc(/C(O)=C2/C(=O)C(=O)N(Cc3ccco3)C2c2cccc(Br)c2)cc1Cl. The molecule has 2 heterocycles. The molecular formula is C24H19BrClNO5. The van der Waals surface area contributed by atoms with Crippen LogP contribution < -0.4 is 4.74 Å². The van der Waals surface area contributed by atoms with E-state index < -0.39 is 17.7 Å². The Morgan fingerprint density at radius 1 is 1.19 bits per heavy atom. The van der Waals surface area contributed by atoms with Crippen LogP contribution in [0.15, 0.2) is 75.3 Å². The summed E-state index contributed by atoms with van der Waals surface area (Å²) < 4.78 is 11.6. The van der Waals surface area contributed by atoms with Crippen LogP contribution in [0.3, 0.4) is 0 Å². The van der Waals surface area contributed by atoms with Gasteiger partial charge in [0.15, 0.2) is 0 Å². The first-order valence-corrected chi connectivity index (χ1v) is 11.1. The van der Waals surface area contributed by atoms with Crippen molar-refractivity contribution in [2.24, 2.45) is 0 Å². The molecular weight excluding hydrogens is 498 g/mol. The fourth-order valence-electron chi connectivity index (χ4n) is 3.71. The number of ether oxygens (including phenoxy) is 1. The Balaban J connectivity index is 1.85. The van der Waals surface area contributed by atoms with Gasteiger partial charge >= 0.3 is 0 Å². The van der Waals surface area contributed by atoms with Gasteiger partial charge in [0.2, 0.25) is 0 Å². The van der Waals surface area contributed by atoms with Crippen LogP contribution in [0.1, 0.15) is 29.9 Å². The van der Waals surface area contributed by atoms with Crippen LogP contribution in [0.2, 0.25) is 5.02 Å². The average molecular weight is 517 g/mol. The zero-order valence-corrected chi connectivity index (χ0v) is 19.4. The molecule has 2 aromatic carbocycles. The molecule has 1 aromatic heterocycles. The monoisotopic (exact) mass is 515 g/mol. The average Bonchev–Trinajstić information content (AvgIpc) is 3.37. The van der Waals surface area contributed by atoms with E-state index in [2.05, 4.69) is 15.9 Å². The smallest absolute Gasteiger partial charge is 0.296 e. The Labute approximate surface area is 198 Å². The number of rotatable bonds is 6. The van der Waals surface area contributed by atoms with Crippen LogP contribution in [-0.2, 0) is 16.1 Å². The van der Waals surface area contributed by atoms with Gasteiger partial charge in [-0.2, -0.15) is 0 Å². The van der Waals surface area contributed by atoms with Gasteiger partial charge in [0.25, 0.3) is 11.7 Å². The van der Waals surface area contributed by atoms with Gasteiger partial charge in [-0.3, -0.25) is 9.59 Å². The van der Waals surface area contributed by atoms with Crippen molar-refractivity contribution in [3.05, 3.63) is 92.8 Å². The molecule has 1 unspecified atom stereocenters. The first-order valence-electron chi connectivity index (χ1n) is 9.89. The van der Waals surface area contributed by atoms with Crippen molar-refractivity contribution in [1.29, 1.82) is 0 Å². The zero-order valence-electron chi connectivity index (χ0n) is 17.0.